The van der Waals surface area contributed by atoms with Crippen LogP contribution in [0.2, 0.25) is 0 Å². The Morgan fingerprint density at radius 2 is 2.14 bits per heavy atom. The van der Waals surface area contributed by atoms with Crippen molar-refractivity contribution in [3.63, 3.8) is 0 Å². The number of carbonyl (C=O) groups is 2. The predicted molar refractivity (Wildman–Crippen MR) is 78.9 cm³/mol. The number of aromatic nitrogens is 1. The van der Waals surface area contributed by atoms with Crippen LogP contribution in [0.3, 0.4) is 0 Å². The van der Waals surface area contributed by atoms with Gasteiger partial charge in [0.05, 0.1) is 4.47 Å². The van der Waals surface area contributed by atoms with E-state index < -0.39 is 17.7 Å². The van der Waals surface area contributed by atoms with E-state index in [1.165, 1.54) is 29.0 Å². The van der Waals surface area contributed by atoms with Crippen LogP contribution < -0.4 is 5.32 Å². The molecule has 0 aliphatic rings. The van der Waals surface area contributed by atoms with Crippen LogP contribution in [-0.2, 0) is 11.3 Å². The van der Waals surface area contributed by atoms with Gasteiger partial charge in [0, 0.05) is 11.9 Å². The van der Waals surface area contributed by atoms with Crippen LogP contribution in [0.15, 0.2) is 34.9 Å². The number of carboxylic acids is 1. The van der Waals surface area contributed by atoms with E-state index in [0.29, 0.717) is 11.3 Å². The summed E-state index contributed by atoms with van der Waals surface area (Å²) in [5.74, 6) is -1.91. The maximum atomic E-state index is 13.3. The van der Waals surface area contributed by atoms with Gasteiger partial charge < -0.3 is 15.0 Å². The fraction of sp³-hybridized carbons (Fsp3) is 0.143. The number of hydrogen-bond donors (Lipinski definition) is 2. The Morgan fingerprint density at radius 3 is 2.81 bits per heavy atom. The third-order valence-corrected chi connectivity index (χ3v) is 3.49. The second kappa shape index (κ2) is 6.09. The highest BCUT2D eigenvalue weighted by atomic mass is 79.9. The Labute approximate surface area is 128 Å². The van der Waals surface area contributed by atoms with E-state index in [0.717, 1.165) is 0 Å². The molecule has 0 aliphatic carbocycles. The van der Waals surface area contributed by atoms with Crippen LogP contribution in [0, 0.1) is 12.7 Å². The molecule has 2 rings (SSSR count). The Bertz CT molecular complexity index is 712. The molecule has 7 heteroatoms. The number of nitrogens with zero attached hydrogens (tertiary/aromatic N) is 1. The number of carboxylic acid groups (broad SMARTS) is 1. The average Bonchev–Trinajstić information content (AvgIpc) is 2.83. The summed E-state index contributed by atoms with van der Waals surface area (Å²) >= 11 is 3.06. The van der Waals surface area contributed by atoms with Crippen molar-refractivity contribution < 1.29 is 19.1 Å². The van der Waals surface area contributed by atoms with Crippen molar-refractivity contribution in [3.8, 4) is 0 Å². The highest BCUT2D eigenvalue weighted by molar-refractivity contribution is 9.10. The van der Waals surface area contributed by atoms with Crippen molar-refractivity contribution in [2.45, 2.75) is 13.5 Å². The molecular weight excluding hydrogens is 343 g/mol. The van der Waals surface area contributed by atoms with Gasteiger partial charge in [-0.15, -0.1) is 0 Å². The summed E-state index contributed by atoms with van der Waals surface area (Å²) in [7, 11) is 0. The number of rotatable bonds is 4. The lowest BCUT2D eigenvalue weighted by atomic mass is 10.2. The van der Waals surface area contributed by atoms with E-state index in [1.807, 2.05) is 0 Å². The number of benzene rings is 1. The van der Waals surface area contributed by atoms with E-state index in [4.69, 9.17) is 5.11 Å². The van der Waals surface area contributed by atoms with Gasteiger partial charge in [-0.05, 0) is 52.7 Å². The fourth-order valence-electron chi connectivity index (χ4n) is 1.87. The maximum Gasteiger partial charge on any atom is 0.323 e. The van der Waals surface area contributed by atoms with E-state index in [2.05, 4.69) is 21.2 Å². The quantitative estimate of drug-likeness (QED) is 0.886. The Hall–Kier alpha value is -2.15. The monoisotopic (exact) mass is 354 g/mol. The molecule has 110 valence electrons. The Kier molecular flexibility index (Phi) is 4.42. The molecule has 2 N–H and O–H groups in total. The first-order chi connectivity index (χ1) is 9.88. The van der Waals surface area contributed by atoms with Gasteiger partial charge in [-0.25, -0.2) is 4.39 Å². The third-order valence-electron chi connectivity index (χ3n) is 2.88. The van der Waals surface area contributed by atoms with Crippen LogP contribution in [0.4, 0.5) is 10.1 Å². The SMILES string of the molecule is Cc1cc(F)c(Br)cc1NC(=O)c1cccn1CC(=O)O. The molecule has 1 aromatic carbocycles. The van der Waals surface area contributed by atoms with Crippen LogP contribution in [-0.4, -0.2) is 21.6 Å². The van der Waals surface area contributed by atoms with E-state index >= 15 is 0 Å². The van der Waals surface area contributed by atoms with Gasteiger partial charge in [0.2, 0.25) is 0 Å². The van der Waals surface area contributed by atoms with Crippen molar-refractivity contribution in [2.75, 3.05) is 5.32 Å². The molecule has 5 nitrogen and oxygen atoms in total. The predicted octanol–water partition coefficient (Wildman–Crippen LogP) is 3.04. The Morgan fingerprint density at radius 1 is 1.43 bits per heavy atom. The smallest absolute Gasteiger partial charge is 0.323 e. The average molecular weight is 355 g/mol. The van der Waals surface area contributed by atoms with Crippen LogP contribution in [0.5, 0.6) is 0 Å². The second-order valence-electron chi connectivity index (χ2n) is 4.45. The number of nitrogens with one attached hydrogen (secondary N) is 1. The minimum atomic E-state index is -1.04. The topological polar surface area (TPSA) is 71.3 Å². The van der Waals surface area contributed by atoms with Crippen molar-refractivity contribution >= 4 is 33.5 Å². The molecule has 0 saturated heterocycles. The first-order valence-corrected chi connectivity index (χ1v) is 6.81. The molecule has 1 heterocycles. The molecule has 0 atom stereocenters. The highest BCUT2D eigenvalue weighted by Gasteiger charge is 2.14. The molecular formula is C14H12BrFN2O3. The van der Waals surface area contributed by atoms with Gasteiger partial charge in [0.1, 0.15) is 18.1 Å². The maximum absolute atomic E-state index is 13.3. The zero-order valence-corrected chi connectivity index (χ0v) is 12.6. The summed E-state index contributed by atoms with van der Waals surface area (Å²) in [5.41, 5.74) is 1.24. The molecule has 0 unspecified atom stereocenters. The van der Waals surface area contributed by atoms with E-state index in [-0.39, 0.29) is 16.7 Å². The summed E-state index contributed by atoms with van der Waals surface area (Å²) in [6, 6.07) is 5.88. The lowest BCUT2D eigenvalue weighted by Gasteiger charge is -2.11. The van der Waals surface area contributed by atoms with Crippen LogP contribution >= 0.6 is 15.9 Å². The number of aliphatic carboxylic acids is 1. The standard InChI is InChI=1S/C14H12BrFN2O3/c1-8-5-10(16)9(15)6-11(8)17-14(21)12-3-2-4-18(12)7-13(19)20/h2-6H,7H2,1H3,(H,17,21)(H,19,20). The van der Waals surface area contributed by atoms with Crippen LogP contribution in [0.1, 0.15) is 16.1 Å². The van der Waals surface area contributed by atoms with Crippen molar-refractivity contribution in [3.05, 3.63) is 52.0 Å². The van der Waals surface area contributed by atoms with Gasteiger partial charge in [-0.2, -0.15) is 0 Å². The molecule has 0 fully saturated rings. The minimum Gasteiger partial charge on any atom is -0.480 e. The fourth-order valence-corrected chi connectivity index (χ4v) is 2.21. The summed E-state index contributed by atoms with van der Waals surface area (Å²) < 4.78 is 14.9. The summed E-state index contributed by atoms with van der Waals surface area (Å²) in [5, 5.41) is 11.4. The number of halogens is 2. The molecule has 1 aromatic heterocycles. The van der Waals surface area contributed by atoms with Gasteiger partial charge in [-0.1, -0.05) is 0 Å². The molecule has 0 aliphatic heterocycles. The van der Waals surface area contributed by atoms with Crippen LogP contribution in [0.25, 0.3) is 0 Å². The number of amides is 1. The Balaban J connectivity index is 2.25. The van der Waals surface area contributed by atoms with E-state index in [9.17, 15) is 14.0 Å². The largest absolute Gasteiger partial charge is 0.480 e. The summed E-state index contributed by atoms with van der Waals surface area (Å²) in [6.07, 6.45) is 1.51. The van der Waals surface area contributed by atoms with E-state index in [1.54, 1.807) is 13.0 Å². The lowest BCUT2D eigenvalue weighted by molar-refractivity contribution is -0.137. The molecule has 0 radical (unpaired) electrons. The van der Waals surface area contributed by atoms with Crippen molar-refractivity contribution in [1.82, 2.24) is 4.57 Å². The number of carbonyl (C=O) groups excluding carboxylic acids is 1. The molecule has 0 spiro atoms. The normalized spacial score (nSPS) is 10.4. The van der Waals surface area contributed by atoms with Crippen molar-refractivity contribution in [1.29, 1.82) is 0 Å². The molecule has 1 amide bonds. The van der Waals surface area contributed by atoms with Gasteiger partial charge in [0.15, 0.2) is 0 Å². The van der Waals surface area contributed by atoms with Crippen molar-refractivity contribution in [2.24, 2.45) is 0 Å². The minimum absolute atomic E-state index is 0.220. The molecule has 0 bridgehead atoms. The zero-order valence-electron chi connectivity index (χ0n) is 11.1. The number of aryl methyl sites for hydroxylation is 1. The summed E-state index contributed by atoms with van der Waals surface area (Å²) in [6.45, 7) is 1.36. The molecule has 2 aromatic rings. The first-order valence-electron chi connectivity index (χ1n) is 6.02. The number of hydrogen-bond acceptors (Lipinski definition) is 2. The zero-order chi connectivity index (χ0) is 15.6. The highest BCUT2D eigenvalue weighted by Crippen LogP contribution is 2.24. The molecule has 0 saturated carbocycles. The lowest BCUT2D eigenvalue weighted by Crippen LogP contribution is -2.19. The molecule has 21 heavy (non-hydrogen) atoms. The van der Waals surface area contributed by atoms with Gasteiger partial charge in [0.25, 0.3) is 5.91 Å². The summed E-state index contributed by atoms with van der Waals surface area (Å²) in [4.78, 5) is 22.9. The number of anilines is 1. The van der Waals surface area contributed by atoms with Gasteiger partial charge >= 0.3 is 5.97 Å². The second-order valence-corrected chi connectivity index (χ2v) is 5.30. The van der Waals surface area contributed by atoms with Gasteiger partial charge in [-0.3, -0.25) is 9.59 Å². The first kappa shape index (κ1) is 15.2. The third kappa shape index (κ3) is 3.49.